The van der Waals surface area contributed by atoms with Crippen molar-refractivity contribution in [3.8, 4) is 33.6 Å². The van der Waals surface area contributed by atoms with Gasteiger partial charge in [0.15, 0.2) is 0 Å². The van der Waals surface area contributed by atoms with Gasteiger partial charge in [-0.2, -0.15) is 0 Å². The second kappa shape index (κ2) is 12.6. The first-order chi connectivity index (χ1) is 28.3. The summed E-state index contributed by atoms with van der Waals surface area (Å²) in [5.74, 6) is 0.169. The standard InChI is InChI=1S/C54H37N3/c1-4-16-36(17-5-1)37-18-14-19-38(34-37)39-20-15-25-42(35-39)56-48-29-13-11-27-46(48)52-50(56)33-31-44-43-30-32-49-51(53(43)57(54(44)52)41-23-8-3-9-24-41)45-26-10-12-28-47(45)55(49)40-21-6-2-7-22-40/h1-35,44,54H. The van der Waals surface area contributed by atoms with Crippen molar-refractivity contribution >= 4 is 50.2 Å². The number of rotatable bonds is 5. The molecule has 10 aromatic rings. The fraction of sp³-hybridized carbons (Fsp3) is 0.0370. The fourth-order valence-corrected chi connectivity index (χ4v) is 9.87. The van der Waals surface area contributed by atoms with Crippen LogP contribution in [-0.2, 0) is 0 Å². The summed E-state index contributed by atoms with van der Waals surface area (Å²) in [4.78, 5) is 2.66. The zero-order chi connectivity index (χ0) is 37.5. The molecule has 0 saturated heterocycles. The van der Waals surface area contributed by atoms with Gasteiger partial charge in [-0.05, 0) is 94.6 Å². The van der Waals surface area contributed by atoms with Crippen LogP contribution in [0, 0.1) is 0 Å². The molecule has 3 nitrogen and oxygen atoms in total. The van der Waals surface area contributed by atoms with Crippen LogP contribution in [0.4, 0.5) is 11.4 Å². The molecule has 3 heteroatoms. The SMILES string of the molecule is C1=CC2c3ccc4c(c3N(c3ccccc3)C2c2c1n(-c1cccc(-c3cccc(-c5ccccc5)c3)c1)c1ccccc21)c1ccccc1n4-c1ccccc1. The molecule has 1 aliphatic heterocycles. The summed E-state index contributed by atoms with van der Waals surface area (Å²) in [5.41, 5.74) is 17.3. The van der Waals surface area contributed by atoms with Crippen LogP contribution in [0.3, 0.4) is 0 Å². The van der Waals surface area contributed by atoms with Gasteiger partial charge in [-0.15, -0.1) is 0 Å². The smallest absolute Gasteiger partial charge is 0.0723 e. The van der Waals surface area contributed by atoms with E-state index in [-0.39, 0.29) is 12.0 Å². The summed E-state index contributed by atoms with van der Waals surface area (Å²) >= 11 is 0. The van der Waals surface area contributed by atoms with Crippen molar-refractivity contribution in [3.05, 3.63) is 223 Å². The van der Waals surface area contributed by atoms with Gasteiger partial charge in [0.05, 0.1) is 34.0 Å². The van der Waals surface area contributed by atoms with Crippen molar-refractivity contribution in [1.82, 2.24) is 9.13 Å². The Morgan fingerprint density at radius 2 is 0.947 bits per heavy atom. The summed E-state index contributed by atoms with van der Waals surface area (Å²) in [6, 6.07) is 73.2. The summed E-state index contributed by atoms with van der Waals surface area (Å²) in [7, 11) is 0. The average Bonchev–Trinajstić information content (AvgIpc) is 3.93. The Bertz CT molecular complexity index is 3190. The first-order valence-electron chi connectivity index (χ1n) is 19.9. The van der Waals surface area contributed by atoms with Gasteiger partial charge in [0.1, 0.15) is 0 Å². The topological polar surface area (TPSA) is 13.1 Å². The molecule has 0 N–H and O–H groups in total. The average molecular weight is 728 g/mol. The van der Waals surface area contributed by atoms with Crippen molar-refractivity contribution in [2.75, 3.05) is 4.90 Å². The van der Waals surface area contributed by atoms with Gasteiger partial charge >= 0.3 is 0 Å². The maximum absolute atomic E-state index is 2.66. The van der Waals surface area contributed by atoms with Crippen molar-refractivity contribution in [3.63, 3.8) is 0 Å². The summed E-state index contributed by atoms with van der Waals surface area (Å²) < 4.78 is 4.93. The molecule has 0 spiro atoms. The third-order valence-corrected chi connectivity index (χ3v) is 12.2. The van der Waals surface area contributed by atoms with Gasteiger partial charge < -0.3 is 14.0 Å². The third kappa shape index (κ3) is 4.79. The summed E-state index contributed by atoms with van der Waals surface area (Å²) in [6.07, 6.45) is 4.87. The molecule has 0 saturated carbocycles. The van der Waals surface area contributed by atoms with Crippen LogP contribution >= 0.6 is 0 Å². The van der Waals surface area contributed by atoms with E-state index >= 15 is 0 Å². The molecule has 0 radical (unpaired) electrons. The molecule has 8 aromatic carbocycles. The van der Waals surface area contributed by atoms with E-state index < -0.39 is 0 Å². The van der Waals surface area contributed by atoms with Crippen LogP contribution in [0.15, 0.2) is 206 Å². The van der Waals surface area contributed by atoms with Crippen LogP contribution in [0.2, 0.25) is 0 Å². The maximum atomic E-state index is 2.66. The summed E-state index contributed by atoms with van der Waals surface area (Å²) in [6.45, 7) is 0. The molecular weight excluding hydrogens is 691 g/mol. The Labute approximate surface area is 331 Å². The lowest BCUT2D eigenvalue weighted by atomic mass is 9.84. The van der Waals surface area contributed by atoms with E-state index in [0.717, 1.165) is 5.69 Å². The van der Waals surface area contributed by atoms with Crippen LogP contribution in [-0.4, -0.2) is 9.13 Å². The zero-order valence-electron chi connectivity index (χ0n) is 31.2. The first-order valence-corrected chi connectivity index (χ1v) is 19.9. The molecular formula is C54H37N3. The van der Waals surface area contributed by atoms with E-state index in [4.69, 9.17) is 0 Å². The van der Waals surface area contributed by atoms with Crippen molar-refractivity contribution in [2.24, 2.45) is 0 Å². The van der Waals surface area contributed by atoms with Crippen molar-refractivity contribution in [2.45, 2.75) is 12.0 Å². The van der Waals surface area contributed by atoms with E-state index in [1.165, 1.54) is 88.8 Å². The number of hydrogen-bond acceptors (Lipinski definition) is 1. The largest absolute Gasteiger partial charge is 0.332 e. The number of anilines is 2. The van der Waals surface area contributed by atoms with Crippen molar-refractivity contribution < 1.29 is 0 Å². The quantitative estimate of drug-likeness (QED) is 0.172. The number of para-hydroxylation sites is 4. The van der Waals surface area contributed by atoms with Gasteiger partial charge in [0, 0.05) is 44.7 Å². The van der Waals surface area contributed by atoms with Gasteiger partial charge in [0.2, 0.25) is 0 Å². The molecule has 2 aliphatic rings. The molecule has 0 amide bonds. The highest BCUT2D eigenvalue weighted by Gasteiger charge is 2.45. The molecule has 3 heterocycles. The van der Waals surface area contributed by atoms with Gasteiger partial charge in [0.25, 0.3) is 0 Å². The van der Waals surface area contributed by atoms with Crippen LogP contribution in [0.25, 0.3) is 72.4 Å². The first kappa shape index (κ1) is 31.9. The molecule has 0 fully saturated rings. The number of nitrogens with zero attached hydrogens (tertiary/aromatic N) is 3. The van der Waals surface area contributed by atoms with Crippen LogP contribution in [0.5, 0.6) is 0 Å². The lowest BCUT2D eigenvalue weighted by Crippen LogP contribution is -2.24. The number of fused-ring (bicyclic) bond motifs is 11. The Hall–Kier alpha value is -7.36. The molecule has 2 unspecified atom stereocenters. The second-order valence-corrected chi connectivity index (χ2v) is 15.3. The van der Waals surface area contributed by atoms with Crippen LogP contribution in [0.1, 0.15) is 28.8 Å². The second-order valence-electron chi connectivity index (χ2n) is 15.3. The predicted octanol–water partition coefficient (Wildman–Crippen LogP) is 14.1. The van der Waals surface area contributed by atoms with Gasteiger partial charge in [-0.3, -0.25) is 0 Å². The molecule has 0 bridgehead atoms. The Morgan fingerprint density at radius 3 is 1.70 bits per heavy atom. The molecule has 2 aromatic heterocycles. The van der Waals surface area contributed by atoms with E-state index in [0.29, 0.717) is 0 Å². The number of hydrogen-bond donors (Lipinski definition) is 0. The lowest BCUT2D eigenvalue weighted by Gasteiger charge is -2.33. The molecule has 2 atom stereocenters. The predicted molar refractivity (Wildman–Crippen MR) is 238 cm³/mol. The maximum Gasteiger partial charge on any atom is 0.0723 e. The third-order valence-electron chi connectivity index (χ3n) is 12.2. The van der Waals surface area contributed by atoms with Gasteiger partial charge in [-0.25, -0.2) is 0 Å². The highest BCUT2D eigenvalue weighted by molar-refractivity contribution is 6.17. The zero-order valence-corrected chi connectivity index (χ0v) is 31.2. The van der Waals surface area contributed by atoms with E-state index in [2.05, 4.69) is 226 Å². The van der Waals surface area contributed by atoms with Gasteiger partial charge in [-0.1, -0.05) is 146 Å². The van der Waals surface area contributed by atoms with E-state index in [1.54, 1.807) is 0 Å². The molecule has 12 rings (SSSR count). The minimum atomic E-state index is 0.0590. The highest BCUT2D eigenvalue weighted by atomic mass is 15.2. The van der Waals surface area contributed by atoms with Crippen molar-refractivity contribution in [1.29, 1.82) is 0 Å². The Balaban J connectivity index is 1.08. The number of benzene rings is 8. The fourth-order valence-electron chi connectivity index (χ4n) is 9.87. The van der Waals surface area contributed by atoms with E-state index in [1.807, 2.05) is 0 Å². The normalized spacial score (nSPS) is 15.6. The monoisotopic (exact) mass is 727 g/mol. The van der Waals surface area contributed by atoms with Crippen LogP contribution < -0.4 is 4.90 Å². The minimum Gasteiger partial charge on any atom is -0.332 e. The highest BCUT2D eigenvalue weighted by Crippen LogP contribution is 2.60. The van der Waals surface area contributed by atoms with E-state index in [9.17, 15) is 0 Å². The molecule has 268 valence electrons. The Morgan fingerprint density at radius 1 is 0.386 bits per heavy atom. The number of aromatic nitrogens is 2. The minimum absolute atomic E-state index is 0.0590. The molecule has 57 heavy (non-hydrogen) atoms. The molecule has 1 aliphatic carbocycles. The Kier molecular flexibility index (Phi) is 7.05. The summed E-state index contributed by atoms with van der Waals surface area (Å²) in [5, 5.41) is 3.86. The lowest BCUT2D eigenvalue weighted by molar-refractivity contribution is 0.669.